The smallest absolute Gasteiger partial charge is 0.251 e. The van der Waals surface area contributed by atoms with Crippen LogP contribution in [-0.2, 0) is 0 Å². The SMILES string of the molecule is C=C(CNC(=O)c1ccc(Cl)c(Cl)c1)NC(=S)NC1CC1. The van der Waals surface area contributed by atoms with Crippen molar-refractivity contribution in [2.24, 2.45) is 0 Å². The average molecular weight is 344 g/mol. The first kappa shape index (κ1) is 16.1. The van der Waals surface area contributed by atoms with E-state index in [4.69, 9.17) is 35.4 Å². The molecule has 1 fully saturated rings. The third-order valence-corrected chi connectivity index (χ3v) is 3.81. The van der Waals surface area contributed by atoms with E-state index in [0.29, 0.717) is 32.5 Å². The maximum absolute atomic E-state index is 12.0. The standard InChI is InChI=1S/C14H15Cl2N3OS/c1-8(18-14(21)19-10-3-4-10)7-17-13(20)9-2-5-11(15)12(16)6-9/h2,5-6,10H,1,3-4,7H2,(H,17,20)(H2,18,19,21). The Balaban J connectivity index is 1.78. The molecule has 1 amide bonds. The van der Waals surface area contributed by atoms with Crippen LogP contribution in [0.15, 0.2) is 30.5 Å². The molecule has 21 heavy (non-hydrogen) atoms. The Morgan fingerprint density at radius 1 is 1.33 bits per heavy atom. The van der Waals surface area contributed by atoms with Crippen LogP contribution in [0.3, 0.4) is 0 Å². The molecule has 2 rings (SSSR count). The normalized spacial score (nSPS) is 13.4. The lowest BCUT2D eigenvalue weighted by Crippen LogP contribution is -2.39. The summed E-state index contributed by atoms with van der Waals surface area (Å²) in [5.74, 6) is -0.252. The van der Waals surface area contributed by atoms with E-state index in [9.17, 15) is 4.79 Å². The van der Waals surface area contributed by atoms with Crippen molar-refractivity contribution < 1.29 is 4.79 Å². The lowest BCUT2D eigenvalue weighted by molar-refractivity contribution is 0.0956. The molecule has 0 unspecified atom stereocenters. The van der Waals surface area contributed by atoms with Crippen LogP contribution in [0.2, 0.25) is 10.0 Å². The van der Waals surface area contributed by atoms with Crippen molar-refractivity contribution in [2.75, 3.05) is 6.54 Å². The fourth-order valence-electron chi connectivity index (χ4n) is 1.58. The highest BCUT2D eigenvalue weighted by molar-refractivity contribution is 7.80. The highest BCUT2D eigenvalue weighted by Gasteiger charge is 2.21. The molecule has 4 nitrogen and oxygen atoms in total. The molecular formula is C14H15Cl2N3OS. The summed E-state index contributed by atoms with van der Waals surface area (Å²) < 4.78 is 0. The van der Waals surface area contributed by atoms with Crippen LogP contribution in [0.1, 0.15) is 23.2 Å². The Morgan fingerprint density at radius 2 is 2.05 bits per heavy atom. The fourth-order valence-corrected chi connectivity index (χ4v) is 2.19. The van der Waals surface area contributed by atoms with Gasteiger partial charge in [-0.25, -0.2) is 0 Å². The van der Waals surface area contributed by atoms with Gasteiger partial charge >= 0.3 is 0 Å². The van der Waals surface area contributed by atoms with Crippen LogP contribution < -0.4 is 16.0 Å². The van der Waals surface area contributed by atoms with Crippen molar-refractivity contribution in [3.8, 4) is 0 Å². The number of thiocarbonyl (C=S) groups is 1. The number of nitrogens with one attached hydrogen (secondary N) is 3. The number of rotatable bonds is 5. The van der Waals surface area contributed by atoms with Gasteiger partial charge < -0.3 is 16.0 Å². The summed E-state index contributed by atoms with van der Waals surface area (Å²) in [6.45, 7) is 4.09. The Kier molecular flexibility index (Phi) is 5.45. The molecule has 112 valence electrons. The predicted octanol–water partition coefficient (Wildman–Crippen LogP) is 2.86. The zero-order chi connectivity index (χ0) is 15.4. The van der Waals surface area contributed by atoms with E-state index >= 15 is 0 Å². The summed E-state index contributed by atoms with van der Waals surface area (Å²) in [6.07, 6.45) is 2.28. The second-order valence-electron chi connectivity index (χ2n) is 4.79. The molecule has 1 aliphatic rings. The molecule has 0 spiro atoms. The number of carbonyl (C=O) groups excluding carboxylic acids is 1. The van der Waals surface area contributed by atoms with Gasteiger partial charge in [0.25, 0.3) is 5.91 Å². The van der Waals surface area contributed by atoms with Gasteiger partial charge in [-0.3, -0.25) is 4.79 Å². The van der Waals surface area contributed by atoms with Gasteiger partial charge in [-0.2, -0.15) is 0 Å². The maximum Gasteiger partial charge on any atom is 0.251 e. The summed E-state index contributed by atoms with van der Waals surface area (Å²) in [4.78, 5) is 12.0. The number of hydrogen-bond donors (Lipinski definition) is 3. The first-order chi connectivity index (χ1) is 9.95. The first-order valence-electron chi connectivity index (χ1n) is 6.44. The van der Waals surface area contributed by atoms with E-state index in [-0.39, 0.29) is 12.5 Å². The second-order valence-corrected chi connectivity index (χ2v) is 6.01. The molecule has 0 saturated heterocycles. The molecule has 1 aliphatic carbocycles. The van der Waals surface area contributed by atoms with E-state index in [0.717, 1.165) is 12.8 Å². The summed E-state index contributed by atoms with van der Waals surface area (Å²) in [5, 5.41) is 10.1. The summed E-state index contributed by atoms with van der Waals surface area (Å²) in [6, 6.07) is 5.19. The Labute approximate surface area is 138 Å². The van der Waals surface area contributed by atoms with Gasteiger partial charge in [0.1, 0.15) is 0 Å². The molecular weight excluding hydrogens is 329 g/mol. The van der Waals surface area contributed by atoms with E-state index in [2.05, 4.69) is 22.5 Å². The van der Waals surface area contributed by atoms with Gasteiger partial charge in [-0.1, -0.05) is 29.8 Å². The molecule has 3 N–H and O–H groups in total. The molecule has 0 aliphatic heterocycles. The molecule has 0 atom stereocenters. The highest BCUT2D eigenvalue weighted by Crippen LogP contribution is 2.22. The number of halogens is 2. The highest BCUT2D eigenvalue weighted by atomic mass is 35.5. The second kappa shape index (κ2) is 7.11. The molecule has 7 heteroatoms. The van der Waals surface area contributed by atoms with Crippen molar-refractivity contribution >= 4 is 46.4 Å². The summed E-state index contributed by atoms with van der Waals surface area (Å²) in [7, 11) is 0. The van der Waals surface area contributed by atoms with Gasteiger partial charge in [0.2, 0.25) is 0 Å². The minimum absolute atomic E-state index is 0.252. The number of amides is 1. The van der Waals surface area contributed by atoms with E-state index < -0.39 is 0 Å². The topological polar surface area (TPSA) is 53.2 Å². The van der Waals surface area contributed by atoms with Crippen LogP contribution in [0.4, 0.5) is 0 Å². The Hall–Kier alpha value is -1.30. The Bertz CT molecular complexity index is 588. The molecule has 0 aromatic heterocycles. The van der Waals surface area contributed by atoms with Gasteiger partial charge in [0.05, 0.1) is 16.6 Å². The molecule has 0 bridgehead atoms. The maximum atomic E-state index is 12.0. The molecule has 1 aromatic carbocycles. The third-order valence-electron chi connectivity index (χ3n) is 2.85. The zero-order valence-corrected chi connectivity index (χ0v) is 13.5. The van der Waals surface area contributed by atoms with Crippen LogP contribution in [0, 0.1) is 0 Å². The van der Waals surface area contributed by atoms with E-state index in [1.54, 1.807) is 12.1 Å². The predicted molar refractivity (Wildman–Crippen MR) is 89.8 cm³/mol. The fraction of sp³-hybridized carbons (Fsp3) is 0.286. The molecule has 1 saturated carbocycles. The Morgan fingerprint density at radius 3 is 2.67 bits per heavy atom. The van der Waals surface area contributed by atoms with Gasteiger partial charge in [0, 0.05) is 17.3 Å². The molecule has 0 heterocycles. The average Bonchev–Trinajstić information content (AvgIpc) is 3.22. The van der Waals surface area contributed by atoms with Crippen molar-refractivity contribution in [1.29, 1.82) is 0 Å². The summed E-state index contributed by atoms with van der Waals surface area (Å²) in [5.41, 5.74) is 1.05. The van der Waals surface area contributed by atoms with Gasteiger partial charge in [-0.05, 0) is 43.3 Å². The molecule has 1 aromatic rings. The lowest BCUT2D eigenvalue weighted by atomic mass is 10.2. The minimum atomic E-state index is -0.252. The van der Waals surface area contributed by atoms with Gasteiger partial charge in [0.15, 0.2) is 5.11 Å². The van der Waals surface area contributed by atoms with E-state index in [1.165, 1.54) is 6.07 Å². The zero-order valence-electron chi connectivity index (χ0n) is 11.2. The molecule has 0 radical (unpaired) electrons. The van der Waals surface area contributed by atoms with Gasteiger partial charge in [-0.15, -0.1) is 0 Å². The lowest BCUT2D eigenvalue weighted by Gasteiger charge is -2.13. The number of carbonyl (C=O) groups is 1. The van der Waals surface area contributed by atoms with Crippen LogP contribution in [-0.4, -0.2) is 23.6 Å². The van der Waals surface area contributed by atoms with E-state index in [1.807, 2.05) is 0 Å². The van der Waals surface area contributed by atoms with Crippen LogP contribution in [0.25, 0.3) is 0 Å². The minimum Gasteiger partial charge on any atom is -0.360 e. The van der Waals surface area contributed by atoms with Crippen molar-refractivity contribution in [3.63, 3.8) is 0 Å². The monoisotopic (exact) mass is 343 g/mol. The largest absolute Gasteiger partial charge is 0.360 e. The van der Waals surface area contributed by atoms with Crippen molar-refractivity contribution in [3.05, 3.63) is 46.1 Å². The third kappa shape index (κ3) is 5.19. The number of benzene rings is 1. The quantitative estimate of drug-likeness (QED) is 0.719. The van der Waals surface area contributed by atoms with Crippen LogP contribution in [0.5, 0.6) is 0 Å². The van der Waals surface area contributed by atoms with Crippen molar-refractivity contribution in [1.82, 2.24) is 16.0 Å². The van der Waals surface area contributed by atoms with Crippen LogP contribution >= 0.6 is 35.4 Å². The number of hydrogen-bond acceptors (Lipinski definition) is 2. The first-order valence-corrected chi connectivity index (χ1v) is 7.60. The summed E-state index contributed by atoms with van der Waals surface area (Å²) >= 11 is 16.8. The van der Waals surface area contributed by atoms with Crippen molar-refractivity contribution in [2.45, 2.75) is 18.9 Å².